The van der Waals surface area contributed by atoms with E-state index in [0.717, 1.165) is 17.1 Å². The van der Waals surface area contributed by atoms with Crippen molar-refractivity contribution < 1.29 is 0 Å². The van der Waals surface area contributed by atoms with Gasteiger partial charge in [0, 0.05) is 11.6 Å². The predicted octanol–water partition coefficient (Wildman–Crippen LogP) is 3.09. The van der Waals surface area contributed by atoms with E-state index in [-0.39, 0.29) is 0 Å². The summed E-state index contributed by atoms with van der Waals surface area (Å²) in [6.45, 7) is 4.83. The summed E-state index contributed by atoms with van der Waals surface area (Å²) in [7, 11) is 1.91. The van der Waals surface area contributed by atoms with E-state index in [1.54, 1.807) is 0 Å². The zero-order valence-electron chi connectivity index (χ0n) is 7.89. The van der Waals surface area contributed by atoms with Crippen molar-refractivity contribution in [3.8, 4) is 0 Å². The summed E-state index contributed by atoms with van der Waals surface area (Å²) < 4.78 is 0. The summed E-state index contributed by atoms with van der Waals surface area (Å²) in [5.74, 6) is 0. The minimum Gasteiger partial charge on any atom is -0.316 e. The molecule has 1 aromatic carbocycles. The van der Waals surface area contributed by atoms with Gasteiger partial charge in [-0.3, -0.25) is 0 Å². The smallest absolute Gasteiger partial charge is 0.0450 e. The maximum atomic E-state index is 5.86. The Morgan fingerprint density at radius 3 is 2.33 bits per heavy atom. The van der Waals surface area contributed by atoms with Crippen LogP contribution in [0.3, 0.4) is 0 Å². The molecule has 12 heavy (non-hydrogen) atoms. The van der Waals surface area contributed by atoms with Gasteiger partial charge in [0.1, 0.15) is 0 Å². The number of rotatable bonds is 2. The molecule has 0 amide bonds. The molecule has 1 nitrogen and oxygen atoms in total. The molecule has 0 bridgehead atoms. The Labute approximate surface area is 79.8 Å². The first-order valence-electron chi connectivity index (χ1n) is 4.22. The molecule has 0 spiro atoms. The van der Waals surface area contributed by atoms with E-state index in [0.29, 0.717) is 0 Å². The topological polar surface area (TPSA) is 12.0 Å². The molecular formula is C10H16ClN. The third-order valence-corrected chi connectivity index (χ3v) is 1.69. The lowest BCUT2D eigenvalue weighted by atomic mass is 10.2. The minimum atomic E-state index is 0.830. The lowest BCUT2D eigenvalue weighted by Crippen LogP contribution is -2.04. The first kappa shape index (κ1) is 11.5. The van der Waals surface area contributed by atoms with Crippen LogP contribution in [0.25, 0.3) is 0 Å². The lowest BCUT2D eigenvalue weighted by molar-refractivity contribution is 0.818. The molecule has 68 valence electrons. The van der Waals surface area contributed by atoms with Crippen LogP contribution in [0, 0.1) is 0 Å². The van der Waals surface area contributed by atoms with Crippen molar-refractivity contribution in [2.24, 2.45) is 0 Å². The van der Waals surface area contributed by atoms with Crippen LogP contribution in [-0.2, 0) is 6.54 Å². The van der Waals surface area contributed by atoms with E-state index in [9.17, 15) is 0 Å². The summed E-state index contributed by atoms with van der Waals surface area (Å²) in [6.07, 6.45) is 0. The molecular weight excluding hydrogens is 170 g/mol. The summed E-state index contributed by atoms with van der Waals surface area (Å²) in [5.41, 5.74) is 1.15. The second kappa shape index (κ2) is 7.14. The van der Waals surface area contributed by atoms with Crippen LogP contribution < -0.4 is 5.32 Å². The van der Waals surface area contributed by atoms with Gasteiger partial charge in [-0.2, -0.15) is 0 Å². The van der Waals surface area contributed by atoms with E-state index in [1.165, 1.54) is 0 Å². The highest BCUT2D eigenvalue weighted by Gasteiger charge is 1.94. The van der Waals surface area contributed by atoms with Crippen molar-refractivity contribution in [3.05, 3.63) is 34.9 Å². The van der Waals surface area contributed by atoms with E-state index < -0.39 is 0 Å². The molecule has 0 aliphatic rings. The molecule has 0 saturated carbocycles. The fourth-order valence-corrected chi connectivity index (χ4v) is 1.03. The van der Waals surface area contributed by atoms with Gasteiger partial charge in [-0.15, -0.1) is 0 Å². The Balaban J connectivity index is 0.000000561. The standard InChI is InChI=1S/C8H10ClN.C2H6/c1-10-6-7-4-2-3-5-8(7)9;1-2/h2-5,10H,6H2,1H3;1-2H3. The molecule has 0 atom stereocenters. The van der Waals surface area contributed by atoms with E-state index in [2.05, 4.69) is 5.32 Å². The quantitative estimate of drug-likeness (QED) is 0.747. The van der Waals surface area contributed by atoms with Crippen molar-refractivity contribution in [2.45, 2.75) is 20.4 Å². The summed E-state index contributed by atoms with van der Waals surface area (Å²) in [6, 6.07) is 7.83. The highest BCUT2D eigenvalue weighted by atomic mass is 35.5. The van der Waals surface area contributed by atoms with Crippen molar-refractivity contribution in [2.75, 3.05) is 7.05 Å². The van der Waals surface area contributed by atoms with Gasteiger partial charge in [0.2, 0.25) is 0 Å². The first-order valence-corrected chi connectivity index (χ1v) is 4.60. The summed E-state index contributed by atoms with van der Waals surface area (Å²) >= 11 is 5.86. The number of nitrogens with one attached hydrogen (secondary N) is 1. The van der Waals surface area contributed by atoms with Crippen molar-refractivity contribution in [3.63, 3.8) is 0 Å². The van der Waals surface area contributed by atoms with Crippen LogP contribution >= 0.6 is 11.6 Å². The fourth-order valence-electron chi connectivity index (χ4n) is 0.832. The molecule has 0 radical (unpaired) electrons. The van der Waals surface area contributed by atoms with E-state index >= 15 is 0 Å². The van der Waals surface area contributed by atoms with Gasteiger partial charge in [-0.05, 0) is 18.7 Å². The lowest BCUT2D eigenvalue weighted by Gasteiger charge is -2.00. The highest BCUT2D eigenvalue weighted by molar-refractivity contribution is 6.31. The Hall–Kier alpha value is -0.530. The molecule has 1 N–H and O–H groups in total. The Bertz CT molecular complexity index is 211. The zero-order chi connectivity index (χ0) is 9.40. The molecule has 1 rings (SSSR count). The van der Waals surface area contributed by atoms with Gasteiger partial charge >= 0.3 is 0 Å². The Kier molecular flexibility index (Phi) is 6.82. The predicted molar refractivity (Wildman–Crippen MR) is 55.6 cm³/mol. The van der Waals surface area contributed by atoms with Gasteiger partial charge < -0.3 is 5.32 Å². The van der Waals surface area contributed by atoms with Gasteiger partial charge in [0.05, 0.1) is 0 Å². The van der Waals surface area contributed by atoms with E-state index in [1.807, 2.05) is 45.2 Å². The van der Waals surface area contributed by atoms with Crippen molar-refractivity contribution >= 4 is 11.6 Å². The normalized spacial score (nSPS) is 8.67. The van der Waals surface area contributed by atoms with Crippen LogP contribution in [0.2, 0.25) is 5.02 Å². The maximum absolute atomic E-state index is 5.86. The summed E-state index contributed by atoms with van der Waals surface area (Å²) in [5, 5.41) is 3.87. The van der Waals surface area contributed by atoms with Gasteiger partial charge in [-0.1, -0.05) is 43.6 Å². The van der Waals surface area contributed by atoms with E-state index in [4.69, 9.17) is 11.6 Å². The number of hydrogen-bond donors (Lipinski definition) is 1. The monoisotopic (exact) mass is 185 g/mol. The minimum absolute atomic E-state index is 0.830. The van der Waals surface area contributed by atoms with Crippen molar-refractivity contribution in [1.29, 1.82) is 0 Å². The molecule has 0 aliphatic heterocycles. The highest BCUT2D eigenvalue weighted by Crippen LogP contribution is 2.13. The Morgan fingerprint density at radius 2 is 1.83 bits per heavy atom. The molecule has 1 aromatic rings. The summed E-state index contributed by atoms with van der Waals surface area (Å²) in [4.78, 5) is 0. The first-order chi connectivity index (χ1) is 5.84. The second-order valence-electron chi connectivity index (χ2n) is 2.12. The third kappa shape index (κ3) is 3.74. The van der Waals surface area contributed by atoms with Gasteiger partial charge in [0.25, 0.3) is 0 Å². The molecule has 0 aromatic heterocycles. The van der Waals surface area contributed by atoms with Gasteiger partial charge in [0.15, 0.2) is 0 Å². The fraction of sp³-hybridized carbons (Fsp3) is 0.400. The van der Waals surface area contributed by atoms with Crippen LogP contribution in [0.4, 0.5) is 0 Å². The van der Waals surface area contributed by atoms with Crippen LogP contribution in [0.1, 0.15) is 19.4 Å². The number of hydrogen-bond acceptors (Lipinski definition) is 1. The molecule has 0 heterocycles. The molecule has 2 heteroatoms. The van der Waals surface area contributed by atoms with Crippen LogP contribution in [0.5, 0.6) is 0 Å². The van der Waals surface area contributed by atoms with Gasteiger partial charge in [-0.25, -0.2) is 0 Å². The largest absolute Gasteiger partial charge is 0.316 e. The SMILES string of the molecule is CC.CNCc1ccccc1Cl. The second-order valence-corrected chi connectivity index (χ2v) is 2.53. The van der Waals surface area contributed by atoms with Crippen molar-refractivity contribution in [1.82, 2.24) is 5.32 Å². The molecule has 0 saturated heterocycles. The average molecular weight is 186 g/mol. The van der Waals surface area contributed by atoms with Crippen LogP contribution in [-0.4, -0.2) is 7.05 Å². The molecule has 0 fully saturated rings. The maximum Gasteiger partial charge on any atom is 0.0450 e. The number of benzene rings is 1. The Morgan fingerprint density at radius 1 is 1.25 bits per heavy atom. The number of halogens is 1. The third-order valence-electron chi connectivity index (χ3n) is 1.33. The molecule has 0 unspecified atom stereocenters. The van der Waals surface area contributed by atoms with Crippen LogP contribution in [0.15, 0.2) is 24.3 Å². The average Bonchev–Trinajstić information content (AvgIpc) is 2.13. The zero-order valence-corrected chi connectivity index (χ0v) is 8.65. The molecule has 0 aliphatic carbocycles.